The molecule has 0 radical (unpaired) electrons. The van der Waals surface area contributed by atoms with Crippen LogP contribution in [0.5, 0.6) is 0 Å². The molecule has 0 N–H and O–H groups in total. The van der Waals surface area contributed by atoms with Gasteiger partial charge in [0, 0.05) is 0 Å². The predicted octanol–water partition coefficient (Wildman–Crippen LogP) is 11.9. The van der Waals surface area contributed by atoms with Crippen LogP contribution in [0.4, 0.5) is 0 Å². The van der Waals surface area contributed by atoms with Crippen molar-refractivity contribution in [3.8, 4) is 11.1 Å². The second kappa shape index (κ2) is 11.1. The fourth-order valence-electron chi connectivity index (χ4n) is 9.48. The Balaban J connectivity index is 1.46. The van der Waals surface area contributed by atoms with Crippen molar-refractivity contribution < 1.29 is 14.1 Å². The Bertz CT molecular complexity index is 1780. The molecule has 0 spiro atoms. The van der Waals surface area contributed by atoms with E-state index in [4.69, 9.17) is 17.0 Å². The van der Waals surface area contributed by atoms with E-state index in [-0.39, 0.29) is 7.25 Å². The summed E-state index contributed by atoms with van der Waals surface area (Å²) < 4.78 is 1.20. The van der Waals surface area contributed by atoms with Crippen LogP contribution in [0.25, 0.3) is 23.3 Å². The van der Waals surface area contributed by atoms with E-state index < -0.39 is 20.0 Å². The predicted molar refractivity (Wildman–Crippen MR) is 194 cm³/mol. The monoisotopic (exact) mass is 712 g/mol. The number of allylic oxidation sites excluding steroid dienone is 2. The molecule has 4 aromatic rings. The average Bonchev–Trinajstić information content (AvgIpc) is 3.69. The summed E-state index contributed by atoms with van der Waals surface area (Å²) in [5.41, 5.74) is 10.7. The van der Waals surface area contributed by atoms with Gasteiger partial charge in [0.2, 0.25) is 0 Å². The summed E-state index contributed by atoms with van der Waals surface area (Å²) in [5.74, 6) is -1.12. The van der Waals surface area contributed by atoms with Crippen molar-refractivity contribution >= 4 is 38.4 Å². The molecule has 0 aliphatic heterocycles. The molecule has 0 heterocycles. The van der Waals surface area contributed by atoms with E-state index in [0.717, 1.165) is 6.42 Å². The Labute approximate surface area is 269 Å². The van der Waals surface area contributed by atoms with Gasteiger partial charge in [-0.2, -0.15) is 0 Å². The van der Waals surface area contributed by atoms with Crippen molar-refractivity contribution in [2.75, 3.05) is 0 Å². The average molecular weight is 715 g/mol. The Hall–Kier alpha value is -1.96. The van der Waals surface area contributed by atoms with Gasteiger partial charge in [-0.05, 0) is 0 Å². The molecular weight excluding hydrogens is 671 g/mol. The molecule has 226 valence electrons. The number of fused-ring (bicyclic) bond motifs is 2. The molecular formula is C40H44Cl2SiZr. The Morgan fingerprint density at radius 1 is 0.750 bits per heavy atom. The van der Waals surface area contributed by atoms with Crippen LogP contribution < -0.4 is 3.27 Å². The van der Waals surface area contributed by atoms with Gasteiger partial charge in [0.25, 0.3) is 0 Å². The van der Waals surface area contributed by atoms with Gasteiger partial charge in [-0.25, -0.2) is 0 Å². The maximum absolute atomic E-state index is 9.00. The van der Waals surface area contributed by atoms with Crippen LogP contribution in [-0.2, 0) is 14.1 Å². The summed E-state index contributed by atoms with van der Waals surface area (Å²) >= 11 is -5.70. The van der Waals surface area contributed by atoms with Crippen LogP contribution >= 0.6 is 17.0 Å². The van der Waals surface area contributed by atoms with E-state index in [0.29, 0.717) is 5.92 Å². The zero-order chi connectivity index (χ0) is 30.6. The first-order chi connectivity index (χ1) is 21.2. The molecule has 1 fully saturated rings. The minimum atomic E-state index is -5.70. The summed E-state index contributed by atoms with van der Waals surface area (Å²) in [5, 5.41) is 0. The second-order valence-electron chi connectivity index (χ2n) is 14.1. The van der Waals surface area contributed by atoms with E-state index in [9.17, 15) is 0 Å². The standard InChI is InChI=1S/C23H25.C9H7.C6H5.C2H7Si.2ClH.Zr/c1-2-17-15-21-9-6-10-22(23(21)16-17)20-13-11-19(12-14-20)18-7-4-3-5-8-18;1-2-5-9-7-3-6-8(9)4-1;1-2-4-6-5-3-1;1-3-2;;;/h6,9-16,18H,2-5,7-8H2,1H3;1-7H;1-5H;3H,1-2H3;2*1H;/q;;;;;;+2/p-2. The summed E-state index contributed by atoms with van der Waals surface area (Å²) in [6.45, 7) is 7.18. The third-order valence-electron chi connectivity index (χ3n) is 12.0. The van der Waals surface area contributed by atoms with Gasteiger partial charge in [0.05, 0.1) is 0 Å². The quantitative estimate of drug-likeness (QED) is 0.167. The van der Waals surface area contributed by atoms with Crippen molar-refractivity contribution in [1.82, 2.24) is 0 Å². The number of rotatable bonds is 7. The molecule has 0 nitrogen and oxygen atoms in total. The fourth-order valence-corrected chi connectivity index (χ4v) is 53.0. The topological polar surface area (TPSA) is 0 Å². The third kappa shape index (κ3) is 4.24. The maximum atomic E-state index is 9.00. The zero-order valence-electron chi connectivity index (χ0n) is 26.3. The Morgan fingerprint density at radius 2 is 1.43 bits per heavy atom. The molecule has 0 bridgehead atoms. The van der Waals surface area contributed by atoms with Gasteiger partial charge < -0.3 is 0 Å². The molecule has 44 heavy (non-hydrogen) atoms. The van der Waals surface area contributed by atoms with Crippen molar-refractivity contribution in [3.05, 3.63) is 137 Å². The molecule has 3 aliphatic carbocycles. The molecule has 2 unspecified atom stereocenters. The molecule has 0 saturated heterocycles. The molecule has 0 amide bonds. The molecule has 4 aromatic carbocycles. The normalized spacial score (nSPS) is 21.5. The van der Waals surface area contributed by atoms with Crippen molar-refractivity contribution in [2.24, 2.45) is 0 Å². The van der Waals surface area contributed by atoms with Crippen LogP contribution in [0.2, 0.25) is 13.1 Å². The molecule has 1 saturated carbocycles. The summed E-state index contributed by atoms with van der Waals surface area (Å²) in [7, 11) is 18.0. The molecule has 2 atom stereocenters. The first kappa shape index (κ1) is 30.7. The number of hydrogen-bond donors (Lipinski definition) is 0. The SMILES string of the molecule is CCC1=Cc2c(-c3ccc(C4CCCCC4)cc3)cccc2[CH]1[Zr]([Cl])([Cl])([c]1ccccc1)([CH]1C=Cc2ccccc21)[SiH](C)C. The molecule has 4 heteroatoms. The molecule has 0 aromatic heterocycles. The number of hydrogen-bond acceptors (Lipinski definition) is 0. The van der Waals surface area contributed by atoms with Gasteiger partial charge in [0.15, 0.2) is 0 Å². The van der Waals surface area contributed by atoms with E-state index >= 15 is 0 Å². The van der Waals surface area contributed by atoms with Crippen LogP contribution in [-0.4, -0.2) is 5.92 Å². The van der Waals surface area contributed by atoms with Crippen LogP contribution in [0.1, 0.15) is 86.4 Å². The molecule has 7 rings (SSSR count). The van der Waals surface area contributed by atoms with Crippen LogP contribution in [0.3, 0.4) is 0 Å². The van der Waals surface area contributed by atoms with Crippen molar-refractivity contribution in [1.29, 1.82) is 0 Å². The first-order valence-electron chi connectivity index (χ1n) is 16.8. The van der Waals surface area contributed by atoms with E-state index in [1.54, 1.807) is 0 Å². The second-order valence-corrected chi connectivity index (χ2v) is 65.1. The van der Waals surface area contributed by atoms with Gasteiger partial charge in [-0.1, -0.05) is 0 Å². The van der Waals surface area contributed by atoms with Gasteiger partial charge >= 0.3 is 272 Å². The third-order valence-corrected chi connectivity index (χ3v) is 79.2. The summed E-state index contributed by atoms with van der Waals surface area (Å²) in [6.07, 6.45) is 14.8. The first-order valence-corrected chi connectivity index (χ1v) is 34.3. The number of benzene rings is 4. The summed E-state index contributed by atoms with van der Waals surface area (Å²) in [4.78, 5) is 0. The van der Waals surface area contributed by atoms with Crippen molar-refractivity contribution in [3.63, 3.8) is 0 Å². The molecule has 3 aliphatic rings. The summed E-state index contributed by atoms with van der Waals surface area (Å²) in [6, 6.07) is 36.2. The van der Waals surface area contributed by atoms with Crippen LogP contribution in [0, 0.1) is 0 Å². The van der Waals surface area contributed by atoms with E-state index in [1.807, 2.05) is 0 Å². The Kier molecular flexibility index (Phi) is 7.73. The Morgan fingerprint density at radius 3 is 2.14 bits per heavy atom. The zero-order valence-corrected chi connectivity index (χ0v) is 31.4. The van der Waals surface area contributed by atoms with Gasteiger partial charge in [-0.3, -0.25) is 0 Å². The number of halogens is 2. The van der Waals surface area contributed by atoms with Gasteiger partial charge in [-0.15, -0.1) is 0 Å². The van der Waals surface area contributed by atoms with Gasteiger partial charge in [0.1, 0.15) is 0 Å². The minimum absolute atomic E-state index is 0.00383. The van der Waals surface area contributed by atoms with E-state index in [1.165, 1.54) is 79.9 Å². The van der Waals surface area contributed by atoms with Crippen LogP contribution in [0.15, 0.2) is 109 Å². The van der Waals surface area contributed by atoms with Crippen molar-refractivity contribution in [2.45, 2.75) is 71.7 Å². The van der Waals surface area contributed by atoms with E-state index in [2.05, 4.69) is 135 Å². The fraction of sp³-hybridized carbons (Fsp3) is 0.300.